The zero-order chi connectivity index (χ0) is 11.3. The smallest absolute Gasteiger partial charge is 0.323 e. The standard InChI is InChI=1S/C9H12BrNO3S/c1-14-5-7(9(12)13)11-4-8-6(10)2-3-15-8/h2-3,7,11H,4-5H2,1H3,(H,12,13). The first-order valence-electron chi connectivity index (χ1n) is 4.32. The van der Waals surface area contributed by atoms with Crippen molar-refractivity contribution in [3.8, 4) is 0 Å². The van der Waals surface area contributed by atoms with E-state index in [0.717, 1.165) is 9.35 Å². The third-order valence-electron chi connectivity index (χ3n) is 1.83. The molecule has 1 aromatic heterocycles. The van der Waals surface area contributed by atoms with Crippen molar-refractivity contribution in [3.63, 3.8) is 0 Å². The van der Waals surface area contributed by atoms with Crippen molar-refractivity contribution in [2.24, 2.45) is 0 Å². The van der Waals surface area contributed by atoms with Crippen LogP contribution in [0.5, 0.6) is 0 Å². The number of hydrogen-bond donors (Lipinski definition) is 2. The van der Waals surface area contributed by atoms with Crippen molar-refractivity contribution in [2.75, 3.05) is 13.7 Å². The lowest BCUT2D eigenvalue weighted by Crippen LogP contribution is -2.39. The SMILES string of the molecule is COCC(NCc1sccc1Br)C(=O)O. The molecule has 1 atom stereocenters. The van der Waals surface area contributed by atoms with Gasteiger partial charge in [-0.2, -0.15) is 0 Å². The number of methoxy groups -OCH3 is 1. The Labute approximate surface area is 100 Å². The van der Waals surface area contributed by atoms with Crippen molar-refractivity contribution >= 4 is 33.2 Å². The second-order valence-corrected chi connectivity index (χ2v) is 4.77. The second kappa shape index (κ2) is 6.22. The molecule has 2 N–H and O–H groups in total. The van der Waals surface area contributed by atoms with E-state index in [1.54, 1.807) is 11.3 Å². The van der Waals surface area contributed by atoms with Crippen molar-refractivity contribution in [1.29, 1.82) is 0 Å². The van der Waals surface area contributed by atoms with Crippen LogP contribution in [0.1, 0.15) is 4.88 Å². The molecule has 0 spiro atoms. The maximum atomic E-state index is 10.8. The highest BCUT2D eigenvalue weighted by molar-refractivity contribution is 9.10. The van der Waals surface area contributed by atoms with E-state index in [4.69, 9.17) is 9.84 Å². The molecule has 0 aliphatic rings. The molecule has 0 saturated carbocycles. The van der Waals surface area contributed by atoms with Crippen LogP contribution in [0, 0.1) is 0 Å². The maximum Gasteiger partial charge on any atom is 0.323 e. The van der Waals surface area contributed by atoms with Crippen LogP contribution in [0.3, 0.4) is 0 Å². The van der Waals surface area contributed by atoms with E-state index < -0.39 is 12.0 Å². The molecule has 0 aliphatic heterocycles. The average molecular weight is 294 g/mol. The van der Waals surface area contributed by atoms with Crippen molar-refractivity contribution in [3.05, 3.63) is 20.8 Å². The van der Waals surface area contributed by atoms with Crippen molar-refractivity contribution < 1.29 is 14.6 Å². The molecule has 0 aliphatic carbocycles. The molecular weight excluding hydrogens is 282 g/mol. The minimum Gasteiger partial charge on any atom is -0.480 e. The van der Waals surface area contributed by atoms with Crippen LogP contribution in [0.15, 0.2) is 15.9 Å². The maximum absolute atomic E-state index is 10.8. The van der Waals surface area contributed by atoms with Gasteiger partial charge in [0.1, 0.15) is 6.04 Å². The molecule has 0 fully saturated rings. The van der Waals surface area contributed by atoms with Gasteiger partial charge in [0, 0.05) is 23.0 Å². The molecule has 4 nitrogen and oxygen atoms in total. The molecule has 1 aromatic rings. The van der Waals surface area contributed by atoms with Gasteiger partial charge in [0.05, 0.1) is 6.61 Å². The van der Waals surface area contributed by atoms with Gasteiger partial charge in [0.2, 0.25) is 0 Å². The number of carboxylic acid groups (broad SMARTS) is 1. The Morgan fingerprint density at radius 2 is 2.53 bits per heavy atom. The molecule has 0 amide bonds. The topological polar surface area (TPSA) is 58.6 Å². The predicted molar refractivity (Wildman–Crippen MR) is 62.2 cm³/mol. The van der Waals surface area contributed by atoms with E-state index in [2.05, 4.69) is 21.2 Å². The van der Waals surface area contributed by atoms with Crippen LogP contribution in [0.4, 0.5) is 0 Å². The number of hydrogen-bond acceptors (Lipinski definition) is 4. The normalized spacial score (nSPS) is 12.7. The van der Waals surface area contributed by atoms with Crippen LogP contribution in [-0.4, -0.2) is 30.8 Å². The summed E-state index contributed by atoms with van der Waals surface area (Å²) in [5.41, 5.74) is 0. The third kappa shape index (κ3) is 3.90. The number of nitrogens with one attached hydrogen (secondary N) is 1. The first kappa shape index (κ1) is 12.6. The Bertz CT molecular complexity index is 329. The summed E-state index contributed by atoms with van der Waals surface area (Å²) in [5.74, 6) is -0.899. The summed E-state index contributed by atoms with van der Waals surface area (Å²) in [6.45, 7) is 0.691. The number of carbonyl (C=O) groups is 1. The summed E-state index contributed by atoms with van der Waals surface area (Å²) in [6.07, 6.45) is 0. The molecule has 6 heteroatoms. The monoisotopic (exact) mass is 293 g/mol. The van der Waals surface area contributed by atoms with E-state index in [1.165, 1.54) is 7.11 Å². The second-order valence-electron chi connectivity index (χ2n) is 2.92. The Balaban J connectivity index is 2.47. The number of carboxylic acids is 1. The lowest BCUT2D eigenvalue weighted by atomic mass is 10.3. The highest BCUT2D eigenvalue weighted by atomic mass is 79.9. The van der Waals surface area contributed by atoms with Crippen LogP contribution < -0.4 is 5.32 Å². The quantitative estimate of drug-likeness (QED) is 0.838. The summed E-state index contributed by atoms with van der Waals surface area (Å²) < 4.78 is 5.82. The van der Waals surface area contributed by atoms with Crippen LogP contribution in [0.25, 0.3) is 0 Å². The average Bonchev–Trinajstić information content (AvgIpc) is 2.58. The summed E-state index contributed by atoms with van der Waals surface area (Å²) in [6, 6.07) is 1.28. The molecule has 0 saturated heterocycles. The van der Waals surface area contributed by atoms with Gasteiger partial charge >= 0.3 is 5.97 Å². The molecule has 1 unspecified atom stereocenters. The van der Waals surface area contributed by atoms with Gasteiger partial charge in [-0.3, -0.25) is 10.1 Å². The van der Waals surface area contributed by atoms with Gasteiger partial charge in [-0.15, -0.1) is 11.3 Å². The highest BCUT2D eigenvalue weighted by Crippen LogP contribution is 2.22. The molecule has 1 heterocycles. The van der Waals surface area contributed by atoms with E-state index in [-0.39, 0.29) is 6.61 Å². The van der Waals surface area contributed by atoms with E-state index in [1.807, 2.05) is 11.4 Å². The Hall–Kier alpha value is -0.430. The van der Waals surface area contributed by atoms with Gasteiger partial charge in [0.15, 0.2) is 0 Å². The van der Waals surface area contributed by atoms with Crippen molar-refractivity contribution in [1.82, 2.24) is 5.32 Å². The van der Waals surface area contributed by atoms with Gasteiger partial charge in [0.25, 0.3) is 0 Å². The molecule has 84 valence electrons. The minimum atomic E-state index is -0.899. The lowest BCUT2D eigenvalue weighted by Gasteiger charge is -2.12. The number of aliphatic carboxylic acids is 1. The number of ether oxygens (including phenoxy) is 1. The fourth-order valence-corrected chi connectivity index (χ4v) is 2.49. The third-order valence-corrected chi connectivity index (χ3v) is 3.76. The van der Waals surface area contributed by atoms with E-state index in [9.17, 15) is 4.79 Å². The minimum absolute atomic E-state index is 0.165. The lowest BCUT2D eigenvalue weighted by molar-refractivity contribution is -0.140. The first-order chi connectivity index (χ1) is 7.15. The highest BCUT2D eigenvalue weighted by Gasteiger charge is 2.16. The predicted octanol–water partition coefficient (Wildman–Crippen LogP) is 1.70. The fourth-order valence-electron chi connectivity index (χ4n) is 1.05. The Morgan fingerprint density at radius 1 is 1.80 bits per heavy atom. The number of halogens is 1. The zero-order valence-corrected chi connectivity index (χ0v) is 10.6. The van der Waals surface area contributed by atoms with Crippen LogP contribution in [-0.2, 0) is 16.1 Å². The first-order valence-corrected chi connectivity index (χ1v) is 5.99. The number of thiophene rings is 1. The van der Waals surface area contributed by atoms with Crippen molar-refractivity contribution in [2.45, 2.75) is 12.6 Å². The molecule has 0 bridgehead atoms. The van der Waals surface area contributed by atoms with Gasteiger partial charge in [-0.05, 0) is 27.4 Å². The summed E-state index contributed by atoms with van der Waals surface area (Å²) in [5, 5.41) is 13.7. The van der Waals surface area contributed by atoms with Crippen LogP contribution >= 0.6 is 27.3 Å². The molecule has 0 aromatic carbocycles. The largest absolute Gasteiger partial charge is 0.480 e. The van der Waals surface area contributed by atoms with Gasteiger partial charge < -0.3 is 9.84 Å². The summed E-state index contributed by atoms with van der Waals surface area (Å²) >= 11 is 4.96. The van der Waals surface area contributed by atoms with E-state index >= 15 is 0 Å². The molecular formula is C9H12BrNO3S. The Morgan fingerprint density at radius 3 is 3.00 bits per heavy atom. The molecule has 0 radical (unpaired) electrons. The van der Waals surface area contributed by atoms with Crippen LogP contribution in [0.2, 0.25) is 0 Å². The fraction of sp³-hybridized carbons (Fsp3) is 0.444. The van der Waals surface area contributed by atoms with Gasteiger partial charge in [-0.1, -0.05) is 0 Å². The van der Waals surface area contributed by atoms with Gasteiger partial charge in [-0.25, -0.2) is 0 Å². The summed E-state index contributed by atoms with van der Waals surface area (Å²) in [4.78, 5) is 11.9. The molecule has 1 rings (SSSR count). The number of rotatable bonds is 6. The summed E-state index contributed by atoms with van der Waals surface area (Å²) in [7, 11) is 1.48. The van der Waals surface area contributed by atoms with E-state index in [0.29, 0.717) is 6.54 Å². The Kier molecular flexibility index (Phi) is 5.24. The molecule has 15 heavy (non-hydrogen) atoms. The zero-order valence-electron chi connectivity index (χ0n) is 8.20.